The monoisotopic (exact) mass is 300 g/mol. The second kappa shape index (κ2) is 6.13. The summed E-state index contributed by atoms with van der Waals surface area (Å²) in [5, 5.41) is 4.09. The smallest absolute Gasteiger partial charge is 0.248 e. The number of aromatic nitrogens is 2. The molecule has 2 rings (SSSR count). The molecule has 20 heavy (non-hydrogen) atoms. The summed E-state index contributed by atoms with van der Waals surface area (Å²) in [6, 6.07) is 0. The lowest BCUT2D eigenvalue weighted by Gasteiger charge is -2.20. The van der Waals surface area contributed by atoms with Gasteiger partial charge in [-0.3, -0.25) is 4.68 Å². The van der Waals surface area contributed by atoms with Crippen molar-refractivity contribution in [2.45, 2.75) is 51.0 Å². The van der Waals surface area contributed by atoms with Gasteiger partial charge in [0.25, 0.3) is 0 Å². The van der Waals surface area contributed by atoms with E-state index in [1.54, 1.807) is 15.2 Å². The molecule has 0 unspecified atom stereocenters. The van der Waals surface area contributed by atoms with Crippen LogP contribution in [0.2, 0.25) is 0 Å². The third-order valence-corrected chi connectivity index (χ3v) is 5.34. The van der Waals surface area contributed by atoms with E-state index in [0.717, 1.165) is 25.7 Å². The molecule has 0 saturated heterocycles. The van der Waals surface area contributed by atoms with Crippen LogP contribution in [0.5, 0.6) is 0 Å². The molecule has 0 bridgehead atoms. The highest BCUT2D eigenvalue weighted by Crippen LogP contribution is 2.32. The van der Waals surface area contributed by atoms with Crippen molar-refractivity contribution in [2.75, 3.05) is 18.8 Å². The Bertz CT molecular complexity index is 549. The molecule has 7 heteroatoms. The van der Waals surface area contributed by atoms with Crippen molar-refractivity contribution in [3.05, 3.63) is 6.20 Å². The number of nitrogen functional groups attached to an aromatic ring is 1. The number of hydrogen-bond donors (Lipinski definition) is 1. The molecule has 0 radical (unpaired) electrons. The van der Waals surface area contributed by atoms with Gasteiger partial charge >= 0.3 is 0 Å². The predicted molar refractivity (Wildman–Crippen MR) is 78.7 cm³/mol. The lowest BCUT2D eigenvalue weighted by atomic mass is 10.4. The van der Waals surface area contributed by atoms with Gasteiger partial charge < -0.3 is 5.73 Å². The molecule has 1 aromatic heterocycles. The number of rotatable bonds is 8. The molecule has 6 nitrogen and oxygen atoms in total. The Kier molecular flexibility index (Phi) is 4.70. The molecule has 1 aliphatic carbocycles. The summed E-state index contributed by atoms with van der Waals surface area (Å²) >= 11 is 0. The van der Waals surface area contributed by atoms with Gasteiger partial charge in [-0.1, -0.05) is 13.8 Å². The van der Waals surface area contributed by atoms with Gasteiger partial charge in [0, 0.05) is 25.8 Å². The van der Waals surface area contributed by atoms with Crippen LogP contribution in [0.1, 0.15) is 39.5 Å². The number of nitrogens with zero attached hydrogens (tertiary/aromatic N) is 3. The van der Waals surface area contributed by atoms with Crippen molar-refractivity contribution >= 4 is 15.8 Å². The average molecular weight is 300 g/mol. The van der Waals surface area contributed by atoms with Gasteiger partial charge in [0.1, 0.15) is 4.90 Å². The standard InChI is InChI=1S/C13H24N4O2S/c1-3-7-16-10-12(13(14)15-16)20(18,19)17(8-4-2)9-11-5-6-11/h10-11H,3-9H2,1-2H3,(H2,14,15). The molecule has 1 aromatic rings. The molecule has 1 fully saturated rings. The van der Waals surface area contributed by atoms with Crippen LogP contribution in [-0.2, 0) is 16.6 Å². The van der Waals surface area contributed by atoms with E-state index in [9.17, 15) is 8.42 Å². The summed E-state index contributed by atoms with van der Waals surface area (Å²) in [5.74, 6) is 0.624. The van der Waals surface area contributed by atoms with Crippen molar-refractivity contribution in [3.8, 4) is 0 Å². The summed E-state index contributed by atoms with van der Waals surface area (Å²) < 4.78 is 28.6. The van der Waals surface area contributed by atoms with Crippen molar-refractivity contribution in [1.29, 1.82) is 0 Å². The average Bonchev–Trinajstić information content (AvgIpc) is 3.12. The van der Waals surface area contributed by atoms with E-state index in [0.29, 0.717) is 25.6 Å². The Morgan fingerprint density at radius 3 is 2.65 bits per heavy atom. The SMILES string of the molecule is CCCN(CC1CC1)S(=O)(=O)c1cn(CCC)nc1N. The molecule has 1 aliphatic rings. The molecule has 0 amide bonds. The maximum atomic E-state index is 12.7. The topological polar surface area (TPSA) is 81.2 Å². The zero-order valence-corrected chi connectivity index (χ0v) is 13.1. The number of sulfonamides is 1. The molecule has 0 atom stereocenters. The van der Waals surface area contributed by atoms with E-state index in [1.165, 1.54) is 0 Å². The zero-order valence-electron chi connectivity index (χ0n) is 12.2. The normalized spacial score (nSPS) is 15.9. The highest BCUT2D eigenvalue weighted by molar-refractivity contribution is 7.89. The van der Waals surface area contributed by atoms with E-state index < -0.39 is 10.0 Å². The molecule has 114 valence electrons. The van der Waals surface area contributed by atoms with Crippen LogP contribution in [0.25, 0.3) is 0 Å². The van der Waals surface area contributed by atoms with Gasteiger partial charge in [-0.15, -0.1) is 0 Å². The highest BCUT2D eigenvalue weighted by Gasteiger charge is 2.33. The maximum Gasteiger partial charge on any atom is 0.248 e. The molecule has 2 N–H and O–H groups in total. The minimum atomic E-state index is -3.52. The lowest BCUT2D eigenvalue weighted by Crippen LogP contribution is -2.33. The van der Waals surface area contributed by atoms with Crippen LogP contribution < -0.4 is 5.73 Å². The third kappa shape index (κ3) is 3.32. The second-order valence-electron chi connectivity index (χ2n) is 5.45. The summed E-state index contributed by atoms with van der Waals surface area (Å²) in [5.41, 5.74) is 5.80. The van der Waals surface area contributed by atoms with Gasteiger partial charge in [0.15, 0.2) is 5.82 Å². The Hall–Kier alpha value is -1.08. The summed E-state index contributed by atoms with van der Waals surface area (Å²) in [6.45, 7) is 5.82. The molecule has 1 heterocycles. The first-order valence-electron chi connectivity index (χ1n) is 7.32. The fourth-order valence-corrected chi connectivity index (χ4v) is 3.92. The van der Waals surface area contributed by atoms with E-state index in [2.05, 4.69) is 5.10 Å². The Morgan fingerprint density at radius 1 is 1.40 bits per heavy atom. The minimum absolute atomic E-state index is 0.107. The van der Waals surface area contributed by atoms with Crippen LogP contribution in [0.15, 0.2) is 11.1 Å². The van der Waals surface area contributed by atoms with Crippen molar-refractivity contribution in [1.82, 2.24) is 14.1 Å². The molecule has 0 spiro atoms. The molecule has 1 saturated carbocycles. The van der Waals surface area contributed by atoms with Crippen LogP contribution >= 0.6 is 0 Å². The number of anilines is 1. The number of nitrogens with two attached hydrogens (primary N) is 1. The van der Waals surface area contributed by atoms with Gasteiger partial charge in [0.2, 0.25) is 10.0 Å². The summed E-state index contributed by atoms with van der Waals surface area (Å²) in [7, 11) is -3.52. The minimum Gasteiger partial charge on any atom is -0.381 e. The van der Waals surface area contributed by atoms with Crippen molar-refractivity contribution in [3.63, 3.8) is 0 Å². The summed E-state index contributed by atoms with van der Waals surface area (Å²) in [6.07, 6.45) is 5.50. The first kappa shape index (κ1) is 15.3. The van der Waals surface area contributed by atoms with Gasteiger partial charge in [-0.05, 0) is 31.6 Å². The third-order valence-electron chi connectivity index (χ3n) is 3.46. The molecular weight excluding hydrogens is 276 g/mol. The van der Waals surface area contributed by atoms with Gasteiger partial charge in [0.05, 0.1) is 0 Å². The Labute approximate surface area is 121 Å². The summed E-state index contributed by atoms with van der Waals surface area (Å²) in [4.78, 5) is 0.153. The number of aryl methyl sites for hydroxylation is 1. The van der Waals surface area contributed by atoms with Crippen LogP contribution in [-0.4, -0.2) is 35.6 Å². The van der Waals surface area contributed by atoms with Crippen LogP contribution in [0, 0.1) is 5.92 Å². The molecule has 0 aromatic carbocycles. The van der Waals surface area contributed by atoms with Crippen LogP contribution in [0.3, 0.4) is 0 Å². The van der Waals surface area contributed by atoms with Gasteiger partial charge in [-0.25, -0.2) is 8.42 Å². The number of hydrogen-bond acceptors (Lipinski definition) is 4. The maximum absolute atomic E-state index is 12.7. The van der Waals surface area contributed by atoms with Crippen molar-refractivity contribution < 1.29 is 8.42 Å². The highest BCUT2D eigenvalue weighted by atomic mass is 32.2. The quantitative estimate of drug-likeness (QED) is 0.792. The van der Waals surface area contributed by atoms with Crippen molar-refractivity contribution in [2.24, 2.45) is 5.92 Å². The van der Waals surface area contributed by atoms with E-state index >= 15 is 0 Å². The van der Waals surface area contributed by atoms with Crippen LogP contribution in [0.4, 0.5) is 5.82 Å². The molecular formula is C13H24N4O2S. The second-order valence-corrected chi connectivity index (χ2v) is 7.35. The Morgan fingerprint density at radius 2 is 2.10 bits per heavy atom. The lowest BCUT2D eigenvalue weighted by molar-refractivity contribution is 0.396. The fraction of sp³-hybridized carbons (Fsp3) is 0.769. The Balaban J connectivity index is 2.25. The van der Waals surface area contributed by atoms with Gasteiger partial charge in [-0.2, -0.15) is 9.40 Å². The zero-order chi connectivity index (χ0) is 14.8. The van der Waals surface area contributed by atoms with E-state index in [4.69, 9.17) is 5.73 Å². The fourth-order valence-electron chi connectivity index (χ4n) is 2.25. The predicted octanol–water partition coefficient (Wildman–Crippen LogP) is 1.69. The van der Waals surface area contributed by atoms with E-state index in [1.807, 2.05) is 13.8 Å². The first-order valence-corrected chi connectivity index (χ1v) is 8.76. The van der Waals surface area contributed by atoms with E-state index in [-0.39, 0.29) is 10.7 Å². The molecule has 0 aliphatic heterocycles. The first-order chi connectivity index (χ1) is 9.48. The largest absolute Gasteiger partial charge is 0.381 e.